The molecule has 1 saturated heterocycles. The first-order valence-electron chi connectivity index (χ1n) is 5.91. The van der Waals surface area contributed by atoms with Crippen LogP contribution in [0.3, 0.4) is 0 Å². The molecule has 2 atom stereocenters. The third-order valence-corrected chi connectivity index (χ3v) is 5.03. The number of nitrogens with zero attached hydrogens (tertiary/aromatic N) is 2. The number of likely N-dealkylation sites (N-methyl/N-ethyl adjacent to an activating group) is 2. The number of phenolic OH excluding ortho intramolecular Hbond substituents is 1. The van der Waals surface area contributed by atoms with Crippen molar-refractivity contribution >= 4 is 21.6 Å². The molecule has 2 aliphatic rings. The van der Waals surface area contributed by atoms with Gasteiger partial charge in [-0.15, -0.1) is 0 Å². The molecule has 92 valence electrons. The molecule has 17 heavy (non-hydrogen) atoms. The van der Waals surface area contributed by atoms with Gasteiger partial charge in [0.15, 0.2) is 0 Å². The molecule has 0 spiro atoms. The van der Waals surface area contributed by atoms with Crippen LogP contribution in [0.25, 0.3) is 0 Å². The molecule has 0 amide bonds. The van der Waals surface area contributed by atoms with Crippen molar-refractivity contribution in [2.45, 2.75) is 24.9 Å². The maximum atomic E-state index is 9.83. The van der Waals surface area contributed by atoms with E-state index in [0.29, 0.717) is 11.9 Å². The molecule has 0 radical (unpaired) electrons. The molecule has 1 aromatic carbocycles. The smallest absolute Gasteiger partial charge is 0.131 e. The van der Waals surface area contributed by atoms with Gasteiger partial charge in [-0.2, -0.15) is 0 Å². The van der Waals surface area contributed by atoms with Crippen molar-refractivity contribution in [2.75, 3.05) is 25.5 Å². The SMILES string of the molecule is CN1CC[C@]2(C)c3cc(Br)c(O)cc3N(C)[C@H]12. The Morgan fingerprint density at radius 3 is 2.82 bits per heavy atom. The quantitative estimate of drug-likeness (QED) is 0.797. The zero-order chi connectivity index (χ0) is 12.4. The lowest BCUT2D eigenvalue weighted by Gasteiger charge is -2.32. The van der Waals surface area contributed by atoms with E-state index in [1.807, 2.05) is 6.07 Å². The van der Waals surface area contributed by atoms with Gasteiger partial charge in [0.1, 0.15) is 5.75 Å². The highest BCUT2D eigenvalue weighted by atomic mass is 79.9. The van der Waals surface area contributed by atoms with Crippen molar-refractivity contribution < 1.29 is 5.11 Å². The Morgan fingerprint density at radius 2 is 2.12 bits per heavy atom. The zero-order valence-electron chi connectivity index (χ0n) is 10.4. The van der Waals surface area contributed by atoms with Crippen LogP contribution in [0.1, 0.15) is 18.9 Å². The van der Waals surface area contributed by atoms with Crippen LogP contribution in [0, 0.1) is 0 Å². The third-order valence-electron chi connectivity index (χ3n) is 4.40. The molecule has 4 heteroatoms. The summed E-state index contributed by atoms with van der Waals surface area (Å²) in [5.74, 6) is 0.321. The number of aromatic hydroxyl groups is 1. The number of fused-ring (bicyclic) bond motifs is 3. The van der Waals surface area contributed by atoms with Crippen molar-refractivity contribution in [1.82, 2.24) is 4.90 Å². The number of anilines is 1. The molecule has 3 nitrogen and oxygen atoms in total. The second kappa shape index (κ2) is 3.39. The minimum absolute atomic E-state index is 0.176. The third kappa shape index (κ3) is 1.31. The van der Waals surface area contributed by atoms with E-state index in [1.54, 1.807) is 0 Å². The topological polar surface area (TPSA) is 26.7 Å². The first-order valence-corrected chi connectivity index (χ1v) is 6.70. The standard InChI is InChI=1S/C13H17BrN2O/c1-13-4-5-15(2)12(13)16(3)10-7-11(17)9(14)6-8(10)13/h6-7,12,17H,4-5H2,1-3H3/t12-,13+/m0/s1. The maximum Gasteiger partial charge on any atom is 0.131 e. The fourth-order valence-electron chi connectivity index (χ4n) is 3.58. The van der Waals surface area contributed by atoms with E-state index >= 15 is 0 Å². The summed E-state index contributed by atoms with van der Waals surface area (Å²) in [6.07, 6.45) is 1.58. The van der Waals surface area contributed by atoms with E-state index < -0.39 is 0 Å². The van der Waals surface area contributed by atoms with Gasteiger partial charge in [0.25, 0.3) is 0 Å². The van der Waals surface area contributed by atoms with E-state index in [1.165, 1.54) is 12.0 Å². The Hall–Kier alpha value is -0.740. The number of rotatable bonds is 0. The van der Waals surface area contributed by atoms with Crippen molar-refractivity contribution in [3.63, 3.8) is 0 Å². The molecular weight excluding hydrogens is 280 g/mol. The van der Waals surface area contributed by atoms with Gasteiger partial charge in [0.05, 0.1) is 10.6 Å². The highest BCUT2D eigenvalue weighted by Crippen LogP contribution is 2.52. The molecule has 0 bridgehead atoms. The van der Waals surface area contributed by atoms with Crippen LogP contribution < -0.4 is 4.90 Å². The molecular formula is C13H17BrN2O. The Morgan fingerprint density at radius 1 is 1.41 bits per heavy atom. The summed E-state index contributed by atoms with van der Waals surface area (Å²) in [6.45, 7) is 3.45. The van der Waals surface area contributed by atoms with Crippen molar-refractivity contribution in [3.05, 3.63) is 22.2 Å². The van der Waals surface area contributed by atoms with E-state index in [2.05, 4.69) is 52.8 Å². The second-order valence-electron chi connectivity index (χ2n) is 5.45. The minimum Gasteiger partial charge on any atom is -0.507 e. The first-order chi connectivity index (χ1) is 7.95. The summed E-state index contributed by atoms with van der Waals surface area (Å²) in [6, 6.07) is 3.96. The number of hydrogen-bond donors (Lipinski definition) is 1. The summed E-state index contributed by atoms with van der Waals surface area (Å²) in [5, 5.41) is 9.83. The van der Waals surface area contributed by atoms with Crippen LogP contribution in [0.2, 0.25) is 0 Å². The van der Waals surface area contributed by atoms with Crippen molar-refractivity contribution in [3.8, 4) is 5.75 Å². The Labute approximate surface area is 110 Å². The lowest BCUT2D eigenvalue weighted by Crippen LogP contribution is -2.45. The van der Waals surface area contributed by atoms with Crippen LogP contribution in [0.15, 0.2) is 16.6 Å². The van der Waals surface area contributed by atoms with E-state index in [0.717, 1.165) is 16.7 Å². The zero-order valence-corrected chi connectivity index (χ0v) is 12.0. The van der Waals surface area contributed by atoms with Gasteiger partial charge in [0, 0.05) is 30.8 Å². The number of benzene rings is 1. The van der Waals surface area contributed by atoms with Crippen LogP contribution in [0.4, 0.5) is 5.69 Å². The highest BCUT2D eigenvalue weighted by molar-refractivity contribution is 9.10. The Bertz CT molecular complexity index is 491. The van der Waals surface area contributed by atoms with Crippen LogP contribution in [-0.4, -0.2) is 36.8 Å². The average molecular weight is 297 g/mol. The van der Waals surface area contributed by atoms with Gasteiger partial charge in [-0.3, -0.25) is 4.90 Å². The largest absolute Gasteiger partial charge is 0.507 e. The lowest BCUT2D eigenvalue weighted by atomic mass is 9.81. The molecule has 2 aliphatic heterocycles. The number of hydrogen-bond acceptors (Lipinski definition) is 3. The van der Waals surface area contributed by atoms with Crippen LogP contribution in [-0.2, 0) is 5.41 Å². The molecule has 1 aromatic rings. The van der Waals surface area contributed by atoms with Gasteiger partial charge in [-0.1, -0.05) is 6.92 Å². The Kier molecular flexibility index (Phi) is 2.26. The molecule has 0 aromatic heterocycles. The molecule has 3 rings (SSSR count). The van der Waals surface area contributed by atoms with Gasteiger partial charge in [-0.25, -0.2) is 0 Å². The van der Waals surface area contributed by atoms with E-state index in [-0.39, 0.29) is 5.41 Å². The highest BCUT2D eigenvalue weighted by Gasteiger charge is 2.52. The van der Waals surface area contributed by atoms with Gasteiger partial charge in [-0.05, 0) is 41.0 Å². The monoisotopic (exact) mass is 296 g/mol. The molecule has 0 saturated carbocycles. The molecule has 2 heterocycles. The van der Waals surface area contributed by atoms with Crippen molar-refractivity contribution in [1.29, 1.82) is 0 Å². The molecule has 0 unspecified atom stereocenters. The van der Waals surface area contributed by atoms with Crippen LogP contribution >= 0.6 is 15.9 Å². The van der Waals surface area contributed by atoms with Gasteiger partial charge < -0.3 is 10.0 Å². The van der Waals surface area contributed by atoms with Crippen LogP contribution in [0.5, 0.6) is 5.75 Å². The molecule has 1 fully saturated rings. The number of phenols is 1. The van der Waals surface area contributed by atoms with Gasteiger partial charge in [0.2, 0.25) is 0 Å². The fourth-order valence-corrected chi connectivity index (χ4v) is 3.92. The summed E-state index contributed by atoms with van der Waals surface area (Å²) >= 11 is 3.42. The number of halogens is 1. The lowest BCUT2D eigenvalue weighted by molar-refractivity contribution is 0.268. The summed E-state index contributed by atoms with van der Waals surface area (Å²) in [5.41, 5.74) is 2.68. The predicted octanol–water partition coefficient (Wildman–Crippen LogP) is 2.52. The predicted molar refractivity (Wildman–Crippen MR) is 72.6 cm³/mol. The number of likely N-dealkylation sites (tertiary alicyclic amines) is 1. The maximum absolute atomic E-state index is 9.83. The van der Waals surface area contributed by atoms with E-state index in [9.17, 15) is 5.11 Å². The Balaban J connectivity index is 2.22. The summed E-state index contributed by atoms with van der Waals surface area (Å²) in [7, 11) is 4.29. The first kappa shape index (κ1) is 11.4. The normalized spacial score (nSPS) is 31.8. The van der Waals surface area contributed by atoms with Crippen molar-refractivity contribution in [2.24, 2.45) is 0 Å². The second-order valence-corrected chi connectivity index (χ2v) is 6.31. The fraction of sp³-hybridized carbons (Fsp3) is 0.538. The van der Waals surface area contributed by atoms with Gasteiger partial charge >= 0.3 is 0 Å². The average Bonchev–Trinajstić information content (AvgIpc) is 2.67. The summed E-state index contributed by atoms with van der Waals surface area (Å²) < 4.78 is 0.793. The van der Waals surface area contributed by atoms with E-state index in [4.69, 9.17) is 0 Å². The summed E-state index contributed by atoms with van der Waals surface area (Å²) in [4.78, 5) is 4.68. The minimum atomic E-state index is 0.176. The molecule has 0 aliphatic carbocycles. The molecule has 1 N–H and O–H groups in total.